The highest BCUT2D eigenvalue weighted by molar-refractivity contribution is 5.98. The van der Waals surface area contributed by atoms with Crippen LogP contribution >= 0.6 is 0 Å². The Kier molecular flexibility index (Phi) is 24.1. The second-order valence-electron chi connectivity index (χ2n) is 21.5. The van der Waals surface area contributed by atoms with E-state index in [0.717, 1.165) is 10.9 Å². The van der Waals surface area contributed by atoms with Crippen LogP contribution in [0.3, 0.4) is 0 Å². The standard InChI is InChI=1S/C54H79N17O12/c1-29(2)20-38(45(75)63-37(12-8-18-60-52(56)57)51(81)71-19-9-13-43(71)50(80)69-70-53(58)82)65-49(79)42(27-83-54(3,4)5)68-46(76)39(21-30-14-16-33(73)17-15-30)66-48(78)41(26-72)67-47(77)40(22-31-24-61-36-11-7-6-10-34(31)36)64-44(74)35(55)23-32-25-59-28-62-32/h6-7,10-11,14-17,24-25,28-29,35,37-43,61,72-73H,8-9,12-13,18-23,26-27,55H2,1-5H3,(H,59,62)(H,63,75)(H,64,74)(H,65,79)(H,66,78)(H,67,77)(H,68,76)(H,69,80)(H4,56,57,60)(H3,58,70,82)/t35-,37-,38-,39-,40-,41-,42+,43-/m0/s1. The van der Waals surface area contributed by atoms with Gasteiger partial charge in [-0.15, -0.1) is 0 Å². The number of para-hydroxylation sites is 1. The summed E-state index contributed by atoms with van der Waals surface area (Å²) in [6, 6.07) is 1.00. The molecule has 83 heavy (non-hydrogen) atoms. The van der Waals surface area contributed by atoms with E-state index in [1.165, 1.54) is 41.7 Å². The van der Waals surface area contributed by atoms with Gasteiger partial charge < -0.3 is 84.7 Å². The number of fused-ring (bicyclic) bond motifs is 1. The number of nitrogens with zero attached hydrogens (tertiary/aromatic N) is 3. The van der Waals surface area contributed by atoms with Crippen LogP contribution in [0.1, 0.15) is 83.5 Å². The van der Waals surface area contributed by atoms with Gasteiger partial charge in [-0.2, -0.15) is 0 Å². The van der Waals surface area contributed by atoms with Gasteiger partial charge in [0.2, 0.25) is 41.4 Å². The highest BCUT2D eigenvalue weighted by atomic mass is 16.5. The molecular formula is C54H79N17O12. The zero-order valence-corrected chi connectivity index (χ0v) is 47.2. The molecule has 0 bridgehead atoms. The van der Waals surface area contributed by atoms with Gasteiger partial charge in [0.1, 0.15) is 48.0 Å². The van der Waals surface area contributed by atoms with Crippen molar-refractivity contribution < 1.29 is 58.1 Å². The number of aliphatic imine (C=N–C) groups is 1. The lowest BCUT2D eigenvalue weighted by Crippen LogP contribution is -2.62. The number of imidazole rings is 1. The number of nitrogens with two attached hydrogens (primary N) is 4. The largest absolute Gasteiger partial charge is 0.508 e. The molecule has 10 amide bonds. The molecule has 452 valence electrons. The number of urea groups is 1. The summed E-state index contributed by atoms with van der Waals surface area (Å²) >= 11 is 0. The lowest BCUT2D eigenvalue weighted by Gasteiger charge is -2.31. The highest BCUT2D eigenvalue weighted by Gasteiger charge is 2.40. The maximum Gasteiger partial charge on any atom is 0.330 e. The van der Waals surface area contributed by atoms with Crippen LogP contribution in [0, 0.1) is 5.92 Å². The third-order valence-corrected chi connectivity index (χ3v) is 13.3. The Hall–Kier alpha value is -8.83. The minimum absolute atomic E-state index is 0.00864. The molecule has 29 heteroatoms. The normalized spacial score (nSPS) is 15.8. The predicted molar refractivity (Wildman–Crippen MR) is 303 cm³/mol. The molecule has 0 saturated carbocycles. The number of nitrogens with one attached hydrogen (secondary N) is 10. The van der Waals surface area contributed by atoms with Gasteiger partial charge >= 0.3 is 6.03 Å². The number of hydrogen-bond acceptors (Lipinski definition) is 15. The van der Waals surface area contributed by atoms with Crippen LogP contribution in [0.5, 0.6) is 5.75 Å². The fraction of sp³-hybridized carbons (Fsp3) is 0.500. The number of carbonyl (C=O) groups is 9. The molecule has 3 heterocycles. The molecule has 8 atom stereocenters. The minimum Gasteiger partial charge on any atom is -0.508 e. The number of primary amides is 1. The van der Waals surface area contributed by atoms with Gasteiger partial charge in [0.05, 0.1) is 31.2 Å². The van der Waals surface area contributed by atoms with Crippen molar-refractivity contribution in [2.24, 2.45) is 33.8 Å². The topological polar surface area (TPSA) is 464 Å². The highest BCUT2D eigenvalue weighted by Crippen LogP contribution is 2.22. The van der Waals surface area contributed by atoms with E-state index >= 15 is 0 Å². The number of guanidine groups is 1. The van der Waals surface area contributed by atoms with Crippen molar-refractivity contribution >= 4 is 70.2 Å². The first-order valence-electron chi connectivity index (χ1n) is 27.2. The first kappa shape index (κ1) is 65.0. The number of carbonyl (C=O) groups excluding carboxylic acids is 9. The van der Waals surface area contributed by atoms with Crippen molar-refractivity contribution in [1.82, 2.24) is 62.6 Å². The van der Waals surface area contributed by atoms with E-state index < -0.39 is 120 Å². The van der Waals surface area contributed by atoms with Gasteiger partial charge in [0.15, 0.2) is 5.96 Å². The number of rotatable bonds is 29. The number of hydrogen-bond donors (Lipinski definition) is 16. The SMILES string of the molecule is CC(C)C[C@H](NC(=O)[C@@H](COC(C)(C)C)NC(=O)[C@H](Cc1ccc(O)cc1)NC(=O)[C@H](CO)NC(=O)[C@H](Cc1c[nH]c2ccccc12)NC(=O)[C@@H](N)Cc1cnc[nH]1)C(=O)N[C@@H](CCCN=C(N)N)C(=O)N1CCC[C@H]1C(=O)NNC(N)=O. The molecule has 0 spiro atoms. The van der Waals surface area contributed by atoms with Crippen LogP contribution in [0.25, 0.3) is 10.9 Å². The van der Waals surface area contributed by atoms with Crippen molar-refractivity contribution in [3.63, 3.8) is 0 Å². The van der Waals surface area contributed by atoms with Crippen LogP contribution < -0.4 is 65.7 Å². The molecule has 29 nitrogen and oxygen atoms in total. The zero-order chi connectivity index (χ0) is 61.0. The van der Waals surface area contributed by atoms with E-state index in [9.17, 15) is 53.4 Å². The Morgan fingerprint density at radius 3 is 2.00 bits per heavy atom. The number of phenolic OH excluding ortho intramolecular Hbond substituents is 1. The number of aromatic nitrogens is 3. The molecule has 5 rings (SSSR count). The van der Waals surface area contributed by atoms with Crippen LogP contribution in [0.4, 0.5) is 4.79 Å². The molecule has 1 fully saturated rings. The number of hydrazine groups is 1. The molecule has 0 radical (unpaired) electrons. The smallest absolute Gasteiger partial charge is 0.330 e. The van der Waals surface area contributed by atoms with E-state index in [-0.39, 0.29) is 75.7 Å². The number of amides is 10. The molecular weight excluding hydrogens is 1080 g/mol. The van der Waals surface area contributed by atoms with Gasteiger partial charge in [-0.05, 0) is 88.1 Å². The number of ether oxygens (including phenoxy) is 1. The Labute approximate surface area is 479 Å². The van der Waals surface area contributed by atoms with Gasteiger partial charge in [-0.1, -0.05) is 44.2 Å². The summed E-state index contributed by atoms with van der Waals surface area (Å²) in [6.07, 6.45) is 5.18. The fourth-order valence-electron chi connectivity index (χ4n) is 9.06. The minimum atomic E-state index is -1.72. The maximum absolute atomic E-state index is 14.6. The van der Waals surface area contributed by atoms with Crippen LogP contribution in [-0.2, 0) is 62.4 Å². The first-order chi connectivity index (χ1) is 39.3. The van der Waals surface area contributed by atoms with Crippen LogP contribution in [0.2, 0.25) is 0 Å². The number of likely N-dealkylation sites (tertiary alicyclic amines) is 1. The first-order valence-corrected chi connectivity index (χ1v) is 27.2. The number of aromatic hydroxyl groups is 1. The van der Waals surface area contributed by atoms with Gasteiger partial charge in [-0.25, -0.2) is 15.2 Å². The van der Waals surface area contributed by atoms with Crippen molar-refractivity contribution in [1.29, 1.82) is 0 Å². The number of benzene rings is 2. The van der Waals surface area contributed by atoms with E-state index in [2.05, 4.69) is 57.3 Å². The number of aliphatic hydroxyl groups excluding tert-OH is 1. The molecule has 1 aliphatic rings. The second kappa shape index (κ2) is 30.8. The van der Waals surface area contributed by atoms with E-state index in [1.54, 1.807) is 46.9 Å². The summed E-state index contributed by atoms with van der Waals surface area (Å²) in [5, 5.41) is 37.3. The fourth-order valence-corrected chi connectivity index (χ4v) is 9.06. The third kappa shape index (κ3) is 20.6. The zero-order valence-electron chi connectivity index (χ0n) is 47.2. The number of aliphatic hydroxyl groups is 1. The van der Waals surface area contributed by atoms with Gasteiger partial charge in [-0.3, -0.25) is 48.8 Å². The molecule has 4 aromatic rings. The van der Waals surface area contributed by atoms with Crippen molar-refractivity contribution in [3.8, 4) is 5.75 Å². The average Bonchev–Trinajstić information content (AvgIpc) is 4.47. The van der Waals surface area contributed by atoms with Crippen molar-refractivity contribution in [2.45, 2.75) is 140 Å². The maximum atomic E-state index is 14.6. The lowest BCUT2D eigenvalue weighted by molar-refractivity contribution is -0.142. The second-order valence-corrected chi connectivity index (χ2v) is 21.5. The summed E-state index contributed by atoms with van der Waals surface area (Å²) in [7, 11) is 0. The third-order valence-electron chi connectivity index (χ3n) is 13.3. The molecule has 2 aromatic carbocycles. The molecule has 1 aliphatic heterocycles. The average molecular weight is 1160 g/mol. The van der Waals surface area contributed by atoms with E-state index in [4.69, 9.17) is 27.7 Å². The van der Waals surface area contributed by atoms with Crippen molar-refractivity contribution in [2.75, 3.05) is 26.3 Å². The molecule has 1 saturated heterocycles. The quantitative estimate of drug-likeness (QED) is 0.0115. The van der Waals surface area contributed by atoms with Gasteiger partial charge in [0, 0.05) is 61.3 Å². The Morgan fingerprint density at radius 1 is 0.759 bits per heavy atom. The predicted octanol–water partition coefficient (Wildman–Crippen LogP) is -2.54. The number of phenols is 1. The van der Waals surface area contributed by atoms with Crippen molar-refractivity contribution in [3.05, 3.63) is 84.1 Å². The summed E-state index contributed by atoms with van der Waals surface area (Å²) in [5.74, 6) is -7.16. The molecule has 0 aliphatic carbocycles. The molecule has 2 aromatic heterocycles. The summed E-state index contributed by atoms with van der Waals surface area (Å²) in [4.78, 5) is 139. The number of H-pyrrole nitrogens is 2. The van der Waals surface area contributed by atoms with Crippen LogP contribution in [0.15, 0.2) is 72.2 Å². The summed E-state index contributed by atoms with van der Waals surface area (Å²) in [5.41, 5.74) is 28.1. The number of aromatic amines is 2. The van der Waals surface area contributed by atoms with Crippen LogP contribution in [-0.4, -0.2) is 170 Å². The lowest BCUT2D eigenvalue weighted by atomic mass is 10.0. The Morgan fingerprint density at radius 2 is 1.36 bits per heavy atom. The van der Waals surface area contributed by atoms with E-state index in [0.29, 0.717) is 23.2 Å². The molecule has 0 unspecified atom stereocenters. The van der Waals surface area contributed by atoms with E-state index in [1.807, 2.05) is 23.6 Å². The summed E-state index contributed by atoms with van der Waals surface area (Å²) < 4.78 is 6.01. The van der Waals surface area contributed by atoms with Gasteiger partial charge in [0.25, 0.3) is 5.91 Å². The Bertz CT molecular complexity index is 2890. The monoisotopic (exact) mass is 1160 g/mol. The Balaban J connectivity index is 1.39. The summed E-state index contributed by atoms with van der Waals surface area (Å²) in [6.45, 7) is 7.46. The molecule has 20 N–H and O–H groups in total.